The van der Waals surface area contributed by atoms with Gasteiger partial charge in [0.1, 0.15) is 0 Å². The van der Waals surface area contributed by atoms with Gasteiger partial charge < -0.3 is 5.11 Å². The van der Waals surface area contributed by atoms with Crippen LogP contribution in [0.2, 0.25) is 0 Å². The summed E-state index contributed by atoms with van der Waals surface area (Å²) in [6, 6.07) is 1.79. The highest BCUT2D eigenvalue weighted by Crippen LogP contribution is 2.03. The van der Waals surface area contributed by atoms with Crippen LogP contribution in [-0.2, 0) is 0 Å². The van der Waals surface area contributed by atoms with Gasteiger partial charge in [-0.2, -0.15) is 0 Å². The molecule has 0 aliphatic carbocycles. The van der Waals surface area contributed by atoms with E-state index >= 15 is 0 Å². The summed E-state index contributed by atoms with van der Waals surface area (Å²) in [5, 5.41) is 8.65. The van der Waals surface area contributed by atoms with Crippen LogP contribution < -0.4 is 0 Å². The molecular weight excluding hydrogens is 170 g/mol. The summed E-state index contributed by atoms with van der Waals surface area (Å²) in [6.45, 7) is 1.83. The zero-order valence-electron chi connectivity index (χ0n) is 6.93. The molecule has 0 aromatic carbocycles. The minimum atomic E-state index is -1.04. The Labute approximate surface area is 73.7 Å². The molecule has 0 fully saturated rings. The van der Waals surface area contributed by atoms with Crippen molar-refractivity contribution < 1.29 is 9.90 Å². The maximum atomic E-state index is 10.6. The Morgan fingerprint density at radius 2 is 2.31 bits per heavy atom. The first-order chi connectivity index (χ1) is 6.16. The molecule has 0 bridgehead atoms. The van der Waals surface area contributed by atoms with Crippen LogP contribution in [0, 0.1) is 6.92 Å². The molecular formula is C8H7N3O2. The second kappa shape index (κ2) is 2.55. The molecule has 0 saturated carbocycles. The molecule has 0 saturated heterocycles. The van der Waals surface area contributed by atoms with Crippen LogP contribution in [0.3, 0.4) is 0 Å². The Morgan fingerprint density at radius 1 is 1.54 bits per heavy atom. The Morgan fingerprint density at radius 3 is 3.00 bits per heavy atom. The molecule has 0 unspecified atom stereocenters. The molecule has 1 N–H and O–H groups in total. The van der Waals surface area contributed by atoms with Crippen LogP contribution in [0.1, 0.15) is 16.2 Å². The van der Waals surface area contributed by atoms with E-state index in [0.717, 1.165) is 5.69 Å². The predicted molar refractivity (Wildman–Crippen MR) is 44.7 cm³/mol. The summed E-state index contributed by atoms with van der Waals surface area (Å²) in [5.41, 5.74) is 0.827. The normalized spacial score (nSPS) is 10.5. The van der Waals surface area contributed by atoms with E-state index < -0.39 is 5.97 Å². The van der Waals surface area contributed by atoms with Gasteiger partial charge in [-0.15, -0.1) is 0 Å². The van der Waals surface area contributed by atoms with E-state index in [9.17, 15) is 4.79 Å². The first-order valence-corrected chi connectivity index (χ1v) is 3.72. The van der Waals surface area contributed by atoms with Crippen LogP contribution in [-0.4, -0.2) is 25.4 Å². The third-order valence-corrected chi connectivity index (χ3v) is 1.68. The number of aryl methyl sites for hydroxylation is 1. The number of aromatic carboxylic acids is 1. The van der Waals surface area contributed by atoms with Crippen molar-refractivity contribution in [1.29, 1.82) is 0 Å². The van der Waals surface area contributed by atoms with Crippen LogP contribution in [0.4, 0.5) is 0 Å². The number of nitrogens with zero attached hydrogens (tertiary/aromatic N) is 3. The molecule has 2 aromatic heterocycles. The van der Waals surface area contributed by atoms with Crippen molar-refractivity contribution in [3.05, 3.63) is 29.8 Å². The molecule has 5 nitrogen and oxygen atoms in total. The fraction of sp³-hybridized carbons (Fsp3) is 0.125. The Kier molecular flexibility index (Phi) is 1.51. The van der Waals surface area contributed by atoms with Gasteiger partial charge in [0.15, 0.2) is 5.69 Å². The highest BCUT2D eigenvalue weighted by atomic mass is 16.4. The van der Waals surface area contributed by atoms with E-state index in [-0.39, 0.29) is 5.69 Å². The summed E-state index contributed by atoms with van der Waals surface area (Å²) in [7, 11) is 0. The van der Waals surface area contributed by atoms with E-state index in [1.807, 2.05) is 6.92 Å². The lowest BCUT2D eigenvalue weighted by molar-refractivity contribution is 0.0691. The standard InChI is InChI=1S/C8H7N3O2/c1-5-2-3-11-4-6(7(12)13)10-8(11)9-5/h2-4H,1H3,(H,12,13). The van der Waals surface area contributed by atoms with Crippen LogP contribution in [0.15, 0.2) is 18.5 Å². The van der Waals surface area contributed by atoms with Crippen LogP contribution >= 0.6 is 0 Å². The second-order valence-corrected chi connectivity index (χ2v) is 2.71. The van der Waals surface area contributed by atoms with Gasteiger partial charge in [0, 0.05) is 18.1 Å². The van der Waals surface area contributed by atoms with Gasteiger partial charge in [0.2, 0.25) is 5.78 Å². The van der Waals surface area contributed by atoms with Crippen molar-refractivity contribution in [3.63, 3.8) is 0 Å². The van der Waals surface area contributed by atoms with Crippen LogP contribution in [0.25, 0.3) is 5.78 Å². The Balaban J connectivity index is 2.68. The fourth-order valence-corrected chi connectivity index (χ4v) is 1.06. The number of carboxylic acid groups (broad SMARTS) is 1. The topological polar surface area (TPSA) is 67.5 Å². The highest BCUT2D eigenvalue weighted by molar-refractivity contribution is 5.85. The number of hydrogen-bond acceptors (Lipinski definition) is 3. The Bertz CT molecular complexity index is 475. The first kappa shape index (κ1) is 7.72. The van der Waals surface area contributed by atoms with Gasteiger partial charge in [0.25, 0.3) is 0 Å². The first-order valence-electron chi connectivity index (χ1n) is 3.72. The van der Waals surface area contributed by atoms with E-state index in [1.165, 1.54) is 6.20 Å². The molecule has 2 aromatic rings. The zero-order valence-corrected chi connectivity index (χ0v) is 6.93. The van der Waals surface area contributed by atoms with E-state index in [2.05, 4.69) is 9.97 Å². The molecule has 0 spiro atoms. The van der Waals surface area contributed by atoms with Gasteiger partial charge in [-0.05, 0) is 13.0 Å². The van der Waals surface area contributed by atoms with Crippen molar-refractivity contribution in [3.8, 4) is 0 Å². The van der Waals surface area contributed by atoms with Gasteiger partial charge in [0.05, 0.1) is 0 Å². The molecule has 66 valence electrons. The molecule has 2 rings (SSSR count). The van der Waals surface area contributed by atoms with Gasteiger partial charge in [-0.1, -0.05) is 0 Å². The van der Waals surface area contributed by atoms with Crippen molar-refractivity contribution in [2.24, 2.45) is 0 Å². The number of carboxylic acids is 1. The predicted octanol–water partition coefficient (Wildman–Crippen LogP) is 0.736. The number of aromatic nitrogens is 3. The number of imidazole rings is 1. The number of fused-ring (bicyclic) bond motifs is 1. The molecule has 13 heavy (non-hydrogen) atoms. The SMILES string of the molecule is Cc1ccn2cc(C(=O)O)nc2n1. The van der Waals surface area contributed by atoms with Crippen molar-refractivity contribution in [2.45, 2.75) is 6.92 Å². The van der Waals surface area contributed by atoms with Gasteiger partial charge in [-0.25, -0.2) is 14.8 Å². The zero-order chi connectivity index (χ0) is 9.42. The maximum Gasteiger partial charge on any atom is 0.356 e. The van der Waals surface area contributed by atoms with E-state index in [4.69, 9.17) is 5.11 Å². The average Bonchev–Trinajstić information content (AvgIpc) is 2.46. The molecule has 0 aliphatic rings. The van der Waals surface area contributed by atoms with Crippen molar-refractivity contribution in [2.75, 3.05) is 0 Å². The smallest absolute Gasteiger partial charge is 0.356 e. The van der Waals surface area contributed by atoms with Crippen molar-refractivity contribution >= 4 is 11.7 Å². The summed E-state index contributed by atoms with van der Waals surface area (Å²) < 4.78 is 1.58. The van der Waals surface area contributed by atoms with E-state index in [1.54, 1.807) is 16.7 Å². The summed E-state index contributed by atoms with van der Waals surface area (Å²) in [4.78, 5) is 18.4. The lowest BCUT2D eigenvalue weighted by atomic mass is 10.5. The second-order valence-electron chi connectivity index (χ2n) is 2.71. The lowest BCUT2D eigenvalue weighted by Gasteiger charge is -1.91. The fourth-order valence-electron chi connectivity index (χ4n) is 1.06. The maximum absolute atomic E-state index is 10.6. The molecule has 0 aliphatic heterocycles. The third kappa shape index (κ3) is 1.24. The highest BCUT2D eigenvalue weighted by Gasteiger charge is 2.08. The summed E-state index contributed by atoms with van der Waals surface area (Å²) in [5.74, 6) is -0.624. The third-order valence-electron chi connectivity index (χ3n) is 1.68. The van der Waals surface area contributed by atoms with Gasteiger partial charge in [-0.3, -0.25) is 4.40 Å². The molecule has 2 heterocycles. The summed E-state index contributed by atoms with van der Waals surface area (Å²) in [6.07, 6.45) is 3.17. The molecule has 0 radical (unpaired) electrons. The number of carbonyl (C=O) groups is 1. The summed E-state index contributed by atoms with van der Waals surface area (Å²) >= 11 is 0. The Hall–Kier alpha value is -1.91. The largest absolute Gasteiger partial charge is 0.476 e. The van der Waals surface area contributed by atoms with Crippen LogP contribution in [0.5, 0.6) is 0 Å². The van der Waals surface area contributed by atoms with E-state index in [0.29, 0.717) is 5.78 Å². The lowest BCUT2D eigenvalue weighted by Crippen LogP contribution is -1.95. The average molecular weight is 177 g/mol. The van der Waals surface area contributed by atoms with Gasteiger partial charge >= 0.3 is 5.97 Å². The monoisotopic (exact) mass is 177 g/mol. The number of hydrogen-bond donors (Lipinski definition) is 1. The quantitative estimate of drug-likeness (QED) is 0.697. The minimum absolute atomic E-state index is 0.0121. The van der Waals surface area contributed by atoms with Crippen molar-refractivity contribution in [1.82, 2.24) is 14.4 Å². The molecule has 5 heteroatoms. The molecule has 0 amide bonds. The molecule has 0 atom stereocenters. The minimum Gasteiger partial charge on any atom is -0.476 e. The number of rotatable bonds is 1.